The van der Waals surface area contributed by atoms with E-state index in [0.717, 1.165) is 0 Å². The Labute approximate surface area is 118 Å². The van der Waals surface area contributed by atoms with Crippen molar-refractivity contribution in [3.05, 3.63) is 35.4 Å². The first kappa shape index (κ1) is 15.8. The molecular formula is C15H19NO4. The number of ether oxygens (including phenoxy) is 1. The van der Waals surface area contributed by atoms with Crippen molar-refractivity contribution in [2.45, 2.75) is 26.4 Å². The molecule has 5 heteroatoms. The Morgan fingerprint density at radius 2 is 2.00 bits per heavy atom. The molecule has 1 aromatic carbocycles. The number of carbonyl (C=O) groups is 2. The van der Waals surface area contributed by atoms with Crippen molar-refractivity contribution in [3.8, 4) is 5.75 Å². The van der Waals surface area contributed by atoms with E-state index >= 15 is 0 Å². The number of phenolic OH excluding ortho intramolecular Hbond substituents is 1. The number of para-hydroxylation sites is 1. The van der Waals surface area contributed by atoms with Crippen LogP contribution in [-0.4, -0.2) is 29.6 Å². The molecule has 0 radical (unpaired) electrons. The fraction of sp³-hybridized carbons (Fsp3) is 0.333. The van der Waals surface area contributed by atoms with Crippen LogP contribution in [-0.2, 0) is 4.74 Å². The summed E-state index contributed by atoms with van der Waals surface area (Å²) in [6.07, 6.45) is 3.37. The Hall–Kier alpha value is -2.30. The normalized spacial score (nSPS) is 11.3. The van der Waals surface area contributed by atoms with Gasteiger partial charge in [-0.2, -0.15) is 0 Å². The lowest BCUT2D eigenvalue weighted by atomic mass is 10.1. The van der Waals surface area contributed by atoms with Crippen LogP contribution in [0.4, 0.5) is 4.79 Å². The molecule has 1 aromatic rings. The molecule has 5 nitrogen and oxygen atoms in total. The molecule has 0 unspecified atom stereocenters. The van der Waals surface area contributed by atoms with Crippen LogP contribution in [0, 0.1) is 0 Å². The summed E-state index contributed by atoms with van der Waals surface area (Å²) in [4.78, 5) is 22.0. The number of benzene rings is 1. The van der Waals surface area contributed by atoms with Crippen LogP contribution >= 0.6 is 0 Å². The standard InChI is InChI=1S/C15H19NO4/c1-15(2,3)20-14(19)16-9-5-8-11-6-4-7-12(10-17)13(11)18/h4-8,10,18H,9H2,1-3H3,(H,16,19). The third-order valence-corrected chi connectivity index (χ3v) is 2.29. The van der Waals surface area contributed by atoms with Gasteiger partial charge >= 0.3 is 6.09 Å². The van der Waals surface area contributed by atoms with Crippen molar-refractivity contribution in [3.63, 3.8) is 0 Å². The number of carbonyl (C=O) groups excluding carboxylic acids is 2. The fourth-order valence-corrected chi connectivity index (χ4v) is 1.45. The zero-order chi connectivity index (χ0) is 15.2. The van der Waals surface area contributed by atoms with Gasteiger partial charge in [-0.05, 0) is 26.8 Å². The van der Waals surface area contributed by atoms with E-state index in [1.165, 1.54) is 6.07 Å². The van der Waals surface area contributed by atoms with E-state index in [-0.39, 0.29) is 17.9 Å². The highest BCUT2D eigenvalue weighted by Gasteiger charge is 2.14. The molecule has 0 aromatic heterocycles. The third kappa shape index (κ3) is 5.14. The van der Waals surface area contributed by atoms with Crippen LogP contribution in [0.3, 0.4) is 0 Å². The molecule has 0 aliphatic rings. The Balaban J connectivity index is 2.54. The Bertz CT molecular complexity index is 515. The van der Waals surface area contributed by atoms with Crippen LogP contribution < -0.4 is 5.32 Å². The van der Waals surface area contributed by atoms with Gasteiger partial charge in [0.15, 0.2) is 6.29 Å². The van der Waals surface area contributed by atoms with E-state index < -0.39 is 11.7 Å². The summed E-state index contributed by atoms with van der Waals surface area (Å²) >= 11 is 0. The number of hydrogen-bond donors (Lipinski definition) is 2. The van der Waals surface area contributed by atoms with Gasteiger partial charge in [0.2, 0.25) is 0 Å². The van der Waals surface area contributed by atoms with Crippen molar-refractivity contribution >= 4 is 18.5 Å². The van der Waals surface area contributed by atoms with Crippen LogP contribution in [0.2, 0.25) is 0 Å². The van der Waals surface area contributed by atoms with Gasteiger partial charge in [0, 0.05) is 12.1 Å². The molecule has 0 bridgehead atoms. The van der Waals surface area contributed by atoms with Crippen molar-refractivity contribution < 1.29 is 19.4 Å². The lowest BCUT2D eigenvalue weighted by Gasteiger charge is -2.19. The highest BCUT2D eigenvalue weighted by Crippen LogP contribution is 2.21. The molecule has 0 saturated heterocycles. The molecule has 0 heterocycles. The molecule has 0 fully saturated rings. The van der Waals surface area contributed by atoms with Gasteiger partial charge < -0.3 is 15.2 Å². The quantitative estimate of drug-likeness (QED) is 0.830. The maximum Gasteiger partial charge on any atom is 0.407 e. The molecule has 0 spiro atoms. The van der Waals surface area contributed by atoms with E-state index in [9.17, 15) is 14.7 Å². The fourth-order valence-electron chi connectivity index (χ4n) is 1.45. The summed E-state index contributed by atoms with van der Waals surface area (Å²) in [5, 5.41) is 12.3. The van der Waals surface area contributed by atoms with Crippen molar-refractivity contribution in [2.24, 2.45) is 0 Å². The van der Waals surface area contributed by atoms with Crippen molar-refractivity contribution in [1.82, 2.24) is 5.32 Å². The summed E-state index contributed by atoms with van der Waals surface area (Å²) in [6, 6.07) is 4.87. The first-order chi connectivity index (χ1) is 9.33. The van der Waals surface area contributed by atoms with E-state index in [1.807, 2.05) is 0 Å². The minimum atomic E-state index is -0.537. The average Bonchev–Trinajstić information content (AvgIpc) is 2.34. The van der Waals surface area contributed by atoms with Crippen LogP contribution in [0.15, 0.2) is 24.3 Å². The zero-order valence-electron chi connectivity index (χ0n) is 11.8. The molecule has 108 valence electrons. The molecule has 0 atom stereocenters. The lowest BCUT2D eigenvalue weighted by molar-refractivity contribution is 0.0534. The van der Waals surface area contributed by atoms with Crippen molar-refractivity contribution in [1.29, 1.82) is 0 Å². The monoisotopic (exact) mass is 277 g/mol. The predicted octanol–water partition coefficient (Wildman–Crippen LogP) is 2.74. The molecular weight excluding hydrogens is 258 g/mol. The maximum absolute atomic E-state index is 11.4. The van der Waals surface area contributed by atoms with Gasteiger partial charge in [0.05, 0.1) is 5.56 Å². The molecule has 1 amide bonds. The van der Waals surface area contributed by atoms with Gasteiger partial charge in [-0.1, -0.05) is 24.3 Å². The van der Waals surface area contributed by atoms with Gasteiger partial charge in [-0.3, -0.25) is 4.79 Å². The van der Waals surface area contributed by atoms with Crippen LogP contribution in [0.1, 0.15) is 36.7 Å². The Kier molecular flexibility index (Phi) is 5.32. The SMILES string of the molecule is CC(C)(C)OC(=O)NCC=Cc1cccc(C=O)c1O. The number of alkyl carbamates (subject to hydrolysis) is 1. The van der Waals surface area contributed by atoms with Gasteiger partial charge in [0.1, 0.15) is 11.4 Å². The summed E-state index contributed by atoms with van der Waals surface area (Å²) in [5.41, 5.74) is 0.206. The van der Waals surface area contributed by atoms with Crippen LogP contribution in [0.5, 0.6) is 5.75 Å². The molecule has 20 heavy (non-hydrogen) atoms. The first-order valence-electron chi connectivity index (χ1n) is 6.24. The number of rotatable bonds is 4. The summed E-state index contributed by atoms with van der Waals surface area (Å²) in [6.45, 7) is 5.61. The molecule has 2 N–H and O–H groups in total. The lowest BCUT2D eigenvalue weighted by Crippen LogP contribution is -2.32. The zero-order valence-corrected chi connectivity index (χ0v) is 11.8. The number of amides is 1. The van der Waals surface area contributed by atoms with E-state index in [1.54, 1.807) is 45.1 Å². The number of nitrogens with one attached hydrogen (secondary N) is 1. The topological polar surface area (TPSA) is 75.6 Å². The average molecular weight is 277 g/mol. The van der Waals surface area contributed by atoms with Gasteiger partial charge in [-0.15, -0.1) is 0 Å². The molecule has 0 aliphatic heterocycles. The highest BCUT2D eigenvalue weighted by atomic mass is 16.6. The largest absolute Gasteiger partial charge is 0.507 e. The Morgan fingerprint density at radius 3 is 2.60 bits per heavy atom. The molecule has 1 rings (SSSR count). The van der Waals surface area contributed by atoms with Gasteiger partial charge in [-0.25, -0.2) is 4.79 Å². The van der Waals surface area contributed by atoms with E-state index in [0.29, 0.717) is 11.8 Å². The minimum absolute atomic E-state index is 0.0731. The van der Waals surface area contributed by atoms with E-state index in [4.69, 9.17) is 4.74 Å². The second-order valence-corrected chi connectivity index (χ2v) is 5.19. The van der Waals surface area contributed by atoms with Crippen LogP contribution in [0.25, 0.3) is 6.08 Å². The predicted molar refractivity (Wildman–Crippen MR) is 76.8 cm³/mol. The summed E-state index contributed by atoms with van der Waals surface area (Å²) < 4.78 is 5.07. The smallest absolute Gasteiger partial charge is 0.407 e. The maximum atomic E-state index is 11.4. The number of hydrogen-bond acceptors (Lipinski definition) is 4. The Morgan fingerprint density at radius 1 is 1.35 bits per heavy atom. The third-order valence-electron chi connectivity index (χ3n) is 2.29. The molecule has 0 aliphatic carbocycles. The van der Waals surface area contributed by atoms with Gasteiger partial charge in [0.25, 0.3) is 0 Å². The number of aldehydes is 1. The second-order valence-electron chi connectivity index (χ2n) is 5.19. The summed E-state index contributed by atoms with van der Waals surface area (Å²) in [7, 11) is 0. The number of phenols is 1. The van der Waals surface area contributed by atoms with Crippen molar-refractivity contribution in [2.75, 3.05) is 6.54 Å². The minimum Gasteiger partial charge on any atom is -0.507 e. The highest BCUT2D eigenvalue weighted by molar-refractivity contribution is 5.82. The van der Waals surface area contributed by atoms with E-state index in [2.05, 4.69) is 5.32 Å². The number of aromatic hydroxyl groups is 1. The summed E-state index contributed by atoms with van der Waals surface area (Å²) in [5.74, 6) is -0.0731. The molecule has 0 saturated carbocycles. The second kappa shape index (κ2) is 6.75. The first-order valence-corrected chi connectivity index (χ1v) is 6.24.